The Balaban J connectivity index is 1.78. The standard InChI is InChI=1S/C18H19ClN6O5S/c1-10-15(19)16(25(2)23-10)17(26)20-11-5-7-12(8-6-11)31(27,28)24-13-9-14(29-3)22-18(21-13)30-4/h5-9H,1-4H3,(H,20,26)(H,21,22,24). The molecule has 1 amide bonds. The van der Waals surface area contributed by atoms with Gasteiger partial charge in [0.2, 0.25) is 5.88 Å². The highest BCUT2D eigenvalue weighted by atomic mass is 35.5. The van der Waals surface area contributed by atoms with Crippen LogP contribution in [0.4, 0.5) is 11.5 Å². The van der Waals surface area contributed by atoms with Crippen LogP contribution in [0.15, 0.2) is 35.2 Å². The quantitative estimate of drug-likeness (QED) is 0.540. The number of carbonyl (C=O) groups excluding carboxylic acids is 1. The molecule has 0 saturated carbocycles. The molecule has 2 N–H and O–H groups in total. The van der Waals surface area contributed by atoms with Gasteiger partial charge >= 0.3 is 6.01 Å². The largest absolute Gasteiger partial charge is 0.481 e. The topological polar surface area (TPSA) is 137 Å². The second-order valence-corrected chi connectivity index (χ2v) is 8.30. The van der Waals surface area contributed by atoms with E-state index in [9.17, 15) is 13.2 Å². The first-order valence-corrected chi connectivity index (χ1v) is 10.6. The summed E-state index contributed by atoms with van der Waals surface area (Å²) in [6, 6.07) is 6.83. The van der Waals surface area contributed by atoms with E-state index in [-0.39, 0.29) is 33.3 Å². The van der Waals surface area contributed by atoms with Crippen molar-refractivity contribution in [3.8, 4) is 11.9 Å². The molecule has 0 fully saturated rings. The summed E-state index contributed by atoms with van der Waals surface area (Å²) in [4.78, 5) is 20.3. The van der Waals surface area contributed by atoms with Crippen LogP contribution in [0, 0.1) is 6.92 Å². The normalized spacial score (nSPS) is 11.1. The minimum atomic E-state index is -3.97. The molecule has 2 aromatic heterocycles. The Bertz CT molecular complexity index is 1200. The van der Waals surface area contributed by atoms with E-state index >= 15 is 0 Å². The van der Waals surface area contributed by atoms with Crippen LogP contribution in [0.3, 0.4) is 0 Å². The number of nitrogens with zero attached hydrogens (tertiary/aromatic N) is 4. The molecule has 11 nitrogen and oxygen atoms in total. The van der Waals surface area contributed by atoms with Gasteiger partial charge < -0.3 is 14.8 Å². The molecule has 1 aromatic carbocycles. The van der Waals surface area contributed by atoms with Crippen molar-refractivity contribution in [3.05, 3.63) is 46.7 Å². The van der Waals surface area contributed by atoms with Gasteiger partial charge in [0.1, 0.15) is 5.69 Å². The van der Waals surface area contributed by atoms with E-state index in [1.807, 2.05) is 0 Å². The Kier molecular flexibility index (Phi) is 6.32. The molecule has 3 aromatic rings. The fourth-order valence-corrected chi connectivity index (χ4v) is 3.87. The molecule has 164 valence electrons. The average Bonchev–Trinajstić information content (AvgIpc) is 2.99. The minimum Gasteiger partial charge on any atom is -0.481 e. The van der Waals surface area contributed by atoms with E-state index in [2.05, 4.69) is 25.1 Å². The van der Waals surface area contributed by atoms with Crippen molar-refractivity contribution in [3.63, 3.8) is 0 Å². The van der Waals surface area contributed by atoms with E-state index in [0.29, 0.717) is 11.4 Å². The lowest BCUT2D eigenvalue weighted by molar-refractivity contribution is 0.101. The first-order chi connectivity index (χ1) is 14.6. The zero-order valence-corrected chi connectivity index (χ0v) is 18.6. The van der Waals surface area contributed by atoms with Crippen LogP contribution in [0.25, 0.3) is 0 Å². The van der Waals surface area contributed by atoms with Crippen molar-refractivity contribution in [1.29, 1.82) is 0 Å². The highest BCUT2D eigenvalue weighted by Crippen LogP contribution is 2.23. The van der Waals surface area contributed by atoms with E-state index in [1.165, 1.54) is 49.2 Å². The SMILES string of the molecule is COc1cc(NS(=O)(=O)c2ccc(NC(=O)c3c(Cl)c(C)nn3C)cc2)nc(OC)n1. The summed E-state index contributed by atoms with van der Waals surface area (Å²) in [6.07, 6.45) is 0. The molecule has 3 rings (SSSR count). The number of benzene rings is 1. The van der Waals surface area contributed by atoms with E-state index in [0.717, 1.165) is 0 Å². The van der Waals surface area contributed by atoms with Crippen molar-refractivity contribution in [2.75, 3.05) is 24.3 Å². The van der Waals surface area contributed by atoms with Crippen LogP contribution in [0.1, 0.15) is 16.2 Å². The fraction of sp³-hybridized carbons (Fsp3) is 0.222. The second kappa shape index (κ2) is 8.78. The van der Waals surface area contributed by atoms with Gasteiger partial charge in [0, 0.05) is 18.8 Å². The first kappa shape index (κ1) is 22.3. The summed E-state index contributed by atoms with van der Waals surface area (Å²) in [6.45, 7) is 1.69. The molecule has 2 heterocycles. The molecule has 13 heteroatoms. The van der Waals surface area contributed by atoms with Gasteiger partial charge in [0.15, 0.2) is 5.82 Å². The van der Waals surface area contributed by atoms with E-state index < -0.39 is 15.9 Å². The summed E-state index contributed by atoms with van der Waals surface area (Å²) >= 11 is 6.12. The molecule has 31 heavy (non-hydrogen) atoms. The number of aryl methyl sites for hydroxylation is 2. The van der Waals surface area contributed by atoms with Gasteiger partial charge in [-0.25, -0.2) is 8.42 Å². The maximum absolute atomic E-state index is 12.7. The van der Waals surface area contributed by atoms with Crippen molar-refractivity contribution >= 4 is 39.0 Å². The molecular weight excluding hydrogens is 448 g/mol. The maximum Gasteiger partial charge on any atom is 0.321 e. The van der Waals surface area contributed by atoms with Crippen molar-refractivity contribution in [1.82, 2.24) is 19.7 Å². The predicted octanol–water partition coefficient (Wildman–Crippen LogP) is 2.24. The number of hydrogen-bond donors (Lipinski definition) is 2. The van der Waals surface area contributed by atoms with Gasteiger partial charge in [0.05, 0.1) is 29.8 Å². The maximum atomic E-state index is 12.7. The van der Waals surface area contributed by atoms with Gasteiger partial charge in [-0.05, 0) is 31.2 Å². The number of methoxy groups -OCH3 is 2. The summed E-state index contributed by atoms with van der Waals surface area (Å²) < 4.78 is 39.0. The Morgan fingerprint density at radius 3 is 2.35 bits per heavy atom. The molecule has 0 aliphatic rings. The van der Waals surface area contributed by atoms with Crippen LogP contribution < -0.4 is 19.5 Å². The van der Waals surface area contributed by atoms with Crippen LogP contribution in [0.5, 0.6) is 11.9 Å². The summed E-state index contributed by atoms with van der Waals surface area (Å²) in [5.41, 5.74) is 1.10. The monoisotopic (exact) mass is 466 g/mol. The van der Waals surface area contributed by atoms with Gasteiger partial charge in [0.25, 0.3) is 15.9 Å². The number of sulfonamides is 1. The number of aromatic nitrogens is 4. The van der Waals surface area contributed by atoms with Gasteiger partial charge in [-0.1, -0.05) is 11.6 Å². The molecule has 0 aliphatic carbocycles. The second-order valence-electron chi connectivity index (χ2n) is 6.24. The summed E-state index contributed by atoms with van der Waals surface area (Å²) in [5, 5.41) is 7.00. The first-order valence-electron chi connectivity index (χ1n) is 8.75. The number of hydrogen-bond acceptors (Lipinski definition) is 8. The zero-order valence-electron chi connectivity index (χ0n) is 17.0. The minimum absolute atomic E-state index is 0.0256. The van der Waals surface area contributed by atoms with Crippen molar-refractivity contribution < 1.29 is 22.7 Å². The van der Waals surface area contributed by atoms with Crippen molar-refractivity contribution in [2.24, 2.45) is 7.05 Å². The highest BCUT2D eigenvalue weighted by molar-refractivity contribution is 7.92. The highest BCUT2D eigenvalue weighted by Gasteiger charge is 2.20. The van der Waals surface area contributed by atoms with Crippen LogP contribution >= 0.6 is 11.6 Å². The van der Waals surface area contributed by atoms with E-state index in [4.69, 9.17) is 21.1 Å². The molecular formula is C18H19ClN6O5S. The third-order valence-electron chi connectivity index (χ3n) is 4.10. The number of rotatable bonds is 7. The van der Waals surface area contributed by atoms with Crippen molar-refractivity contribution in [2.45, 2.75) is 11.8 Å². The lowest BCUT2D eigenvalue weighted by atomic mass is 10.3. The summed E-state index contributed by atoms with van der Waals surface area (Å²) in [7, 11) is 0.363. The number of carbonyl (C=O) groups is 1. The Morgan fingerprint density at radius 1 is 1.13 bits per heavy atom. The molecule has 0 saturated heterocycles. The molecule has 0 radical (unpaired) electrons. The molecule has 0 aliphatic heterocycles. The average molecular weight is 467 g/mol. The number of amides is 1. The number of ether oxygens (including phenoxy) is 2. The molecule has 0 unspecified atom stereocenters. The number of halogens is 1. The van der Waals surface area contributed by atoms with Crippen LogP contribution in [-0.2, 0) is 17.1 Å². The fourth-order valence-electron chi connectivity index (χ4n) is 2.64. The number of anilines is 2. The molecule has 0 bridgehead atoms. The third kappa shape index (κ3) is 4.86. The van der Waals surface area contributed by atoms with Crippen LogP contribution in [-0.4, -0.2) is 48.3 Å². The smallest absolute Gasteiger partial charge is 0.321 e. The van der Waals surface area contributed by atoms with Crippen LogP contribution in [0.2, 0.25) is 5.02 Å². The van der Waals surface area contributed by atoms with Gasteiger partial charge in [-0.3, -0.25) is 14.2 Å². The summed E-state index contributed by atoms with van der Waals surface area (Å²) in [5.74, 6) is -0.365. The Hall–Kier alpha value is -3.38. The Morgan fingerprint density at radius 2 is 1.81 bits per heavy atom. The molecule has 0 atom stereocenters. The Labute approximate surface area is 183 Å². The number of nitrogens with one attached hydrogen (secondary N) is 2. The van der Waals surface area contributed by atoms with E-state index in [1.54, 1.807) is 14.0 Å². The van der Waals surface area contributed by atoms with Gasteiger partial charge in [-0.15, -0.1) is 0 Å². The zero-order chi connectivity index (χ0) is 22.8. The predicted molar refractivity (Wildman–Crippen MR) is 113 cm³/mol. The molecule has 0 spiro atoms. The lowest BCUT2D eigenvalue weighted by Gasteiger charge is -2.10. The van der Waals surface area contributed by atoms with Gasteiger partial charge in [-0.2, -0.15) is 15.1 Å². The lowest BCUT2D eigenvalue weighted by Crippen LogP contribution is -2.17. The third-order valence-corrected chi connectivity index (χ3v) is 5.92.